The van der Waals surface area contributed by atoms with Gasteiger partial charge in [0.25, 0.3) is 5.91 Å². The number of hydrogen-bond acceptors (Lipinski definition) is 4. The van der Waals surface area contributed by atoms with Gasteiger partial charge in [0, 0.05) is 10.9 Å². The van der Waals surface area contributed by atoms with Crippen molar-refractivity contribution < 1.29 is 9.59 Å². The molecule has 2 amide bonds. The van der Waals surface area contributed by atoms with Gasteiger partial charge >= 0.3 is 0 Å². The van der Waals surface area contributed by atoms with Crippen LogP contribution in [0.3, 0.4) is 0 Å². The lowest BCUT2D eigenvalue weighted by Gasteiger charge is -2.20. The van der Waals surface area contributed by atoms with E-state index in [-0.39, 0.29) is 11.9 Å². The van der Waals surface area contributed by atoms with Crippen LogP contribution in [0.25, 0.3) is 0 Å². The number of anilines is 1. The maximum atomic E-state index is 12.6. The first-order valence-electron chi connectivity index (χ1n) is 8.53. The van der Waals surface area contributed by atoms with E-state index in [1.54, 1.807) is 0 Å². The van der Waals surface area contributed by atoms with Gasteiger partial charge in [-0.15, -0.1) is 11.3 Å². The number of hydrogen-bond donors (Lipinski definition) is 3. The van der Waals surface area contributed by atoms with Crippen LogP contribution in [0.1, 0.15) is 52.7 Å². The van der Waals surface area contributed by atoms with Crippen molar-refractivity contribution in [3.05, 3.63) is 51.9 Å². The molecule has 0 unspecified atom stereocenters. The summed E-state index contributed by atoms with van der Waals surface area (Å²) in [7, 11) is 0. The topological polar surface area (TPSA) is 84.2 Å². The average Bonchev–Trinajstić information content (AvgIpc) is 3.15. The number of amides is 2. The molecular weight excluding hydrogens is 334 g/mol. The van der Waals surface area contributed by atoms with Gasteiger partial charge in [-0.2, -0.15) is 0 Å². The minimum absolute atomic E-state index is 0.0471. The van der Waals surface area contributed by atoms with E-state index in [0.717, 1.165) is 30.4 Å². The van der Waals surface area contributed by atoms with Gasteiger partial charge in [-0.05, 0) is 44.2 Å². The average molecular weight is 357 g/mol. The summed E-state index contributed by atoms with van der Waals surface area (Å²) in [6.07, 6.45) is 2.86. The van der Waals surface area contributed by atoms with Crippen LogP contribution in [-0.4, -0.2) is 17.9 Å². The minimum Gasteiger partial charge on any atom is -0.365 e. The van der Waals surface area contributed by atoms with Crippen molar-refractivity contribution in [1.29, 1.82) is 0 Å². The molecule has 1 aliphatic rings. The van der Waals surface area contributed by atoms with Crippen molar-refractivity contribution >= 4 is 28.2 Å². The first-order valence-corrected chi connectivity index (χ1v) is 9.35. The van der Waals surface area contributed by atoms with Crippen molar-refractivity contribution in [2.24, 2.45) is 5.73 Å². The first-order chi connectivity index (χ1) is 12.0. The van der Waals surface area contributed by atoms with Crippen molar-refractivity contribution in [2.75, 3.05) is 5.32 Å². The quantitative estimate of drug-likeness (QED) is 0.743. The highest BCUT2D eigenvalue weighted by Gasteiger charge is 2.27. The van der Waals surface area contributed by atoms with Crippen LogP contribution < -0.4 is 16.4 Å². The van der Waals surface area contributed by atoms with E-state index >= 15 is 0 Å². The largest absolute Gasteiger partial charge is 0.365 e. The molecule has 1 aliphatic carbocycles. The molecule has 0 saturated heterocycles. The van der Waals surface area contributed by atoms with Gasteiger partial charge in [0.05, 0.1) is 11.6 Å². The lowest BCUT2D eigenvalue weighted by molar-refractivity contribution is -0.117. The molecule has 2 aromatic rings. The smallest absolute Gasteiger partial charge is 0.251 e. The lowest BCUT2D eigenvalue weighted by atomic mass is 10.1. The summed E-state index contributed by atoms with van der Waals surface area (Å²) in [5, 5.41) is 6.77. The van der Waals surface area contributed by atoms with Gasteiger partial charge in [-0.3, -0.25) is 14.9 Å². The van der Waals surface area contributed by atoms with Crippen molar-refractivity contribution in [3.63, 3.8) is 0 Å². The van der Waals surface area contributed by atoms with E-state index in [0.29, 0.717) is 10.6 Å². The van der Waals surface area contributed by atoms with Gasteiger partial charge < -0.3 is 11.1 Å². The third-order valence-electron chi connectivity index (χ3n) is 4.60. The molecular formula is C19H23N3O2S. The predicted molar refractivity (Wildman–Crippen MR) is 101 cm³/mol. The van der Waals surface area contributed by atoms with E-state index in [9.17, 15) is 9.59 Å². The van der Waals surface area contributed by atoms with Gasteiger partial charge in [0.1, 0.15) is 5.00 Å². The number of primary amides is 1. The van der Waals surface area contributed by atoms with Gasteiger partial charge in [0.15, 0.2) is 0 Å². The summed E-state index contributed by atoms with van der Waals surface area (Å²) in [6.45, 7) is 3.84. The van der Waals surface area contributed by atoms with Gasteiger partial charge in [-0.1, -0.05) is 30.3 Å². The summed E-state index contributed by atoms with van der Waals surface area (Å²) in [6, 6.07) is 9.62. The number of carbonyl (C=O) groups excluding carboxylic acids is 2. The van der Waals surface area contributed by atoms with Crippen LogP contribution in [0.4, 0.5) is 5.00 Å². The van der Waals surface area contributed by atoms with E-state index in [1.165, 1.54) is 16.2 Å². The highest BCUT2D eigenvalue weighted by molar-refractivity contribution is 7.17. The second-order valence-corrected chi connectivity index (χ2v) is 7.54. The van der Waals surface area contributed by atoms with Crippen LogP contribution >= 0.6 is 11.3 Å². The predicted octanol–water partition coefficient (Wildman–Crippen LogP) is 3.01. The molecule has 1 aromatic heterocycles. The van der Waals surface area contributed by atoms with Crippen molar-refractivity contribution in [1.82, 2.24) is 5.32 Å². The number of benzene rings is 1. The molecule has 0 fully saturated rings. The summed E-state index contributed by atoms with van der Waals surface area (Å²) < 4.78 is 0. The lowest BCUT2D eigenvalue weighted by Crippen LogP contribution is -2.39. The SMILES string of the molecule is C[C@@H](N[C@H](C)c1ccccc1)C(=O)Nc1sc2c(c1C(N)=O)CCC2. The zero-order chi connectivity index (χ0) is 18.0. The Kier molecular flexibility index (Phi) is 5.20. The second kappa shape index (κ2) is 7.37. The zero-order valence-electron chi connectivity index (χ0n) is 14.5. The molecule has 0 saturated carbocycles. The zero-order valence-corrected chi connectivity index (χ0v) is 15.3. The Hall–Kier alpha value is -2.18. The maximum absolute atomic E-state index is 12.6. The Morgan fingerprint density at radius 2 is 1.88 bits per heavy atom. The number of thiophene rings is 1. The summed E-state index contributed by atoms with van der Waals surface area (Å²) in [5.74, 6) is -0.627. The van der Waals surface area contributed by atoms with Crippen LogP contribution in [0.5, 0.6) is 0 Å². The summed E-state index contributed by atoms with van der Waals surface area (Å²) in [5.41, 5.74) is 8.18. The molecule has 0 spiro atoms. The van der Waals surface area contributed by atoms with Crippen LogP contribution in [-0.2, 0) is 17.6 Å². The number of fused-ring (bicyclic) bond motifs is 1. The molecule has 132 valence electrons. The molecule has 0 bridgehead atoms. The number of nitrogens with two attached hydrogens (primary N) is 1. The van der Waals surface area contributed by atoms with Gasteiger partial charge in [0.2, 0.25) is 5.91 Å². The fourth-order valence-electron chi connectivity index (χ4n) is 3.26. The van der Waals surface area contributed by atoms with E-state index in [1.807, 2.05) is 44.2 Å². The van der Waals surface area contributed by atoms with E-state index in [2.05, 4.69) is 10.6 Å². The molecule has 3 rings (SSSR count). The fraction of sp³-hybridized carbons (Fsp3) is 0.368. The molecule has 0 radical (unpaired) electrons. The summed E-state index contributed by atoms with van der Waals surface area (Å²) in [4.78, 5) is 25.5. The fourth-order valence-corrected chi connectivity index (χ4v) is 4.56. The number of aryl methyl sites for hydroxylation is 1. The Balaban J connectivity index is 1.69. The highest BCUT2D eigenvalue weighted by Crippen LogP contribution is 2.38. The molecule has 1 heterocycles. The maximum Gasteiger partial charge on any atom is 0.251 e. The number of nitrogens with one attached hydrogen (secondary N) is 2. The Morgan fingerprint density at radius 1 is 1.16 bits per heavy atom. The molecule has 4 N–H and O–H groups in total. The second-order valence-electron chi connectivity index (χ2n) is 6.44. The minimum atomic E-state index is -0.465. The Labute approximate surface area is 151 Å². The normalized spacial score (nSPS) is 15.4. The van der Waals surface area contributed by atoms with Gasteiger partial charge in [-0.25, -0.2) is 0 Å². The standard InChI is InChI=1S/C19H23N3O2S/c1-11(13-7-4-3-5-8-13)21-12(2)18(24)22-19-16(17(20)23)14-9-6-10-15(14)25-19/h3-5,7-8,11-12,21H,6,9-10H2,1-2H3,(H2,20,23)(H,22,24)/t11-,12-/m1/s1. The van der Waals surface area contributed by atoms with Crippen LogP contribution in [0.2, 0.25) is 0 Å². The number of rotatable bonds is 6. The first kappa shape index (κ1) is 17.6. The molecule has 1 aromatic carbocycles. The molecule has 6 heteroatoms. The van der Waals surface area contributed by atoms with Crippen LogP contribution in [0.15, 0.2) is 30.3 Å². The Bertz CT molecular complexity index is 785. The van der Waals surface area contributed by atoms with Crippen molar-refractivity contribution in [2.45, 2.75) is 45.2 Å². The molecule has 5 nitrogen and oxygen atoms in total. The highest BCUT2D eigenvalue weighted by atomic mass is 32.1. The summed E-state index contributed by atoms with van der Waals surface area (Å²) >= 11 is 1.48. The molecule has 0 aliphatic heterocycles. The van der Waals surface area contributed by atoms with Crippen molar-refractivity contribution in [3.8, 4) is 0 Å². The molecule has 25 heavy (non-hydrogen) atoms. The monoisotopic (exact) mass is 357 g/mol. The molecule has 2 atom stereocenters. The van der Waals surface area contributed by atoms with Crippen LogP contribution in [0, 0.1) is 0 Å². The third-order valence-corrected chi connectivity index (χ3v) is 5.80. The van der Waals surface area contributed by atoms with E-state index in [4.69, 9.17) is 5.73 Å². The number of carbonyl (C=O) groups is 2. The third kappa shape index (κ3) is 3.75. The Morgan fingerprint density at radius 3 is 2.56 bits per heavy atom. The van der Waals surface area contributed by atoms with E-state index < -0.39 is 11.9 Å².